The molecule has 4 rings (SSSR count). The maximum absolute atomic E-state index is 14.3. The third kappa shape index (κ3) is 11.4. The number of rotatable bonds is 7. The van der Waals surface area contributed by atoms with Crippen LogP contribution >= 0.6 is 0 Å². The van der Waals surface area contributed by atoms with Crippen LogP contribution in [0.25, 0.3) is 0 Å². The molecule has 0 spiro atoms. The number of cyclic esters (lactones) is 1. The highest BCUT2D eigenvalue weighted by molar-refractivity contribution is 6.39. The molecule has 2 bridgehead atoms. The standard InChI is InChI=1S/C44H71NO12/c1-10-13-31-19-25(2)18-26(3)20-37(54-8)40-38(55-9)22-28(5)44(52,57-40)41(49)42(50)45-17-12-11-14-32(45)43(51)56-39(29(6)34(47)24-35(31)48)27(4)21-30-15-16-33(46)36(23-30)53-7/h19,21,26,28-34,36-40,46-47,52H,10-18,20,22-24H2,1-9H3/b25-19?,27-21+/t26-,28+,29+,30-,31+,32-,33+,34-,36+,37-,38-,39+,40+,44+/m0/s1. The first kappa shape index (κ1) is 47.2. The van der Waals surface area contributed by atoms with Gasteiger partial charge in [-0.05, 0) is 95.5 Å². The number of ketones is 2. The number of esters is 1. The lowest BCUT2D eigenvalue weighted by atomic mass is 9.81. The summed E-state index contributed by atoms with van der Waals surface area (Å²) >= 11 is 0. The molecule has 0 aromatic carbocycles. The number of aliphatic hydroxyl groups is 3. The van der Waals surface area contributed by atoms with Crippen LogP contribution in [0, 0.1) is 29.6 Å². The molecule has 1 aliphatic carbocycles. The Bertz CT molecular complexity index is 1450. The summed E-state index contributed by atoms with van der Waals surface area (Å²) in [7, 11) is 4.64. The zero-order chi connectivity index (χ0) is 42.2. The van der Waals surface area contributed by atoms with Crippen molar-refractivity contribution < 1.29 is 58.2 Å². The van der Waals surface area contributed by atoms with E-state index in [1.54, 1.807) is 21.0 Å². The Hall–Kier alpha value is -2.52. The van der Waals surface area contributed by atoms with Crippen LogP contribution in [-0.2, 0) is 42.9 Å². The average Bonchev–Trinajstić information content (AvgIpc) is 3.18. The molecule has 3 heterocycles. The van der Waals surface area contributed by atoms with Crippen molar-refractivity contribution in [1.82, 2.24) is 4.90 Å². The number of hydrogen-bond donors (Lipinski definition) is 3. The van der Waals surface area contributed by atoms with Gasteiger partial charge in [0.05, 0.1) is 30.5 Å². The number of fused-ring (bicyclic) bond motifs is 3. The highest BCUT2D eigenvalue weighted by Crippen LogP contribution is 2.39. The Morgan fingerprint density at radius 1 is 0.912 bits per heavy atom. The van der Waals surface area contributed by atoms with Crippen LogP contribution in [0.3, 0.4) is 0 Å². The van der Waals surface area contributed by atoms with Gasteiger partial charge in [-0.15, -0.1) is 0 Å². The van der Waals surface area contributed by atoms with Gasteiger partial charge < -0.3 is 43.9 Å². The second-order valence-electron chi connectivity index (χ2n) is 17.5. The summed E-state index contributed by atoms with van der Waals surface area (Å²) in [4.78, 5) is 57.9. The number of carbonyl (C=O) groups is 4. The molecule has 3 fully saturated rings. The van der Waals surface area contributed by atoms with E-state index in [1.165, 1.54) is 19.1 Å². The number of carbonyl (C=O) groups excluding carboxylic acids is 4. The predicted octanol–water partition coefficient (Wildman–Crippen LogP) is 4.86. The van der Waals surface area contributed by atoms with Crippen LogP contribution in [0.4, 0.5) is 0 Å². The lowest BCUT2D eigenvalue weighted by Crippen LogP contribution is -2.64. The fraction of sp³-hybridized carbons (Fsp3) is 0.818. The number of allylic oxidation sites excluding steroid dienone is 3. The van der Waals surface area contributed by atoms with Gasteiger partial charge in [-0.2, -0.15) is 0 Å². The summed E-state index contributed by atoms with van der Waals surface area (Å²) in [6.45, 7) is 11.4. The first-order valence-corrected chi connectivity index (χ1v) is 21.3. The molecular weight excluding hydrogens is 734 g/mol. The highest BCUT2D eigenvalue weighted by atomic mass is 16.7. The third-order valence-corrected chi connectivity index (χ3v) is 13.1. The van der Waals surface area contributed by atoms with Gasteiger partial charge in [0.1, 0.15) is 24.0 Å². The smallest absolute Gasteiger partial charge is 0.329 e. The molecule has 2 saturated heterocycles. The van der Waals surface area contributed by atoms with Gasteiger partial charge in [-0.1, -0.05) is 51.8 Å². The molecule has 0 aromatic rings. The maximum atomic E-state index is 14.3. The Balaban J connectivity index is 1.77. The minimum atomic E-state index is -2.50. The zero-order valence-electron chi connectivity index (χ0n) is 35.8. The number of ether oxygens (including phenoxy) is 5. The van der Waals surface area contributed by atoms with Crippen LogP contribution in [-0.4, -0.2) is 126 Å². The summed E-state index contributed by atoms with van der Waals surface area (Å²) in [6.07, 6.45) is 4.60. The van der Waals surface area contributed by atoms with E-state index in [0.29, 0.717) is 56.9 Å². The van der Waals surface area contributed by atoms with Gasteiger partial charge >= 0.3 is 5.97 Å². The topological polar surface area (TPSA) is 178 Å². The molecule has 57 heavy (non-hydrogen) atoms. The fourth-order valence-corrected chi connectivity index (χ4v) is 9.60. The lowest BCUT2D eigenvalue weighted by Gasteiger charge is -2.47. The number of nitrogens with zero attached hydrogens (tertiary/aromatic N) is 1. The quantitative estimate of drug-likeness (QED) is 0.181. The van der Waals surface area contributed by atoms with Gasteiger partial charge in [-0.3, -0.25) is 14.4 Å². The Morgan fingerprint density at radius 2 is 1.58 bits per heavy atom. The van der Waals surface area contributed by atoms with Gasteiger partial charge in [0.2, 0.25) is 5.79 Å². The zero-order valence-corrected chi connectivity index (χ0v) is 35.8. The van der Waals surface area contributed by atoms with Gasteiger partial charge in [0.15, 0.2) is 0 Å². The van der Waals surface area contributed by atoms with Crippen molar-refractivity contribution in [2.75, 3.05) is 27.9 Å². The SMILES string of the molecule is CCC[C@@H]1C=C(C)C[C@H](C)C[C@H](OC)[C@H]2O[C@@](O)(C(=O)C(=O)N3CCCC[C@H]3C(=O)O[C@H](/C(C)=C/[C@@H]3CC[C@@H](O)[C@H](OC)C3)[C@H](C)[C@@H](O)CC1=O)[C@H](C)C[C@@H]2OC. The first-order valence-electron chi connectivity index (χ1n) is 21.3. The van der Waals surface area contributed by atoms with Crippen molar-refractivity contribution in [1.29, 1.82) is 0 Å². The van der Waals surface area contributed by atoms with E-state index in [0.717, 1.165) is 12.0 Å². The van der Waals surface area contributed by atoms with Crippen molar-refractivity contribution in [3.05, 3.63) is 23.3 Å². The third-order valence-electron chi connectivity index (χ3n) is 13.1. The van der Waals surface area contributed by atoms with E-state index in [2.05, 4.69) is 6.92 Å². The molecule has 1 saturated carbocycles. The van der Waals surface area contributed by atoms with Crippen LogP contribution in [0.1, 0.15) is 119 Å². The van der Waals surface area contributed by atoms with Crippen molar-refractivity contribution in [2.24, 2.45) is 29.6 Å². The number of hydrogen-bond acceptors (Lipinski definition) is 12. The Kier molecular flexibility index (Phi) is 17.5. The molecule has 13 nitrogen and oxygen atoms in total. The van der Waals surface area contributed by atoms with E-state index < -0.39 is 83.9 Å². The highest BCUT2D eigenvalue weighted by Gasteiger charge is 2.56. The van der Waals surface area contributed by atoms with Crippen molar-refractivity contribution in [2.45, 2.75) is 173 Å². The molecule has 324 valence electrons. The lowest BCUT2D eigenvalue weighted by molar-refractivity contribution is -0.302. The minimum absolute atomic E-state index is 0.000416. The summed E-state index contributed by atoms with van der Waals surface area (Å²) < 4.78 is 29.8. The maximum Gasteiger partial charge on any atom is 0.329 e. The number of aliphatic hydroxyl groups excluding tert-OH is 2. The van der Waals surface area contributed by atoms with Crippen LogP contribution in [0.2, 0.25) is 0 Å². The molecular formula is C44H71NO12. The second kappa shape index (κ2) is 21.1. The van der Waals surface area contributed by atoms with E-state index in [1.807, 2.05) is 32.9 Å². The largest absolute Gasteiger partial charge is 0.456 e. The van der Waals surface area contributed by atoms with E-state index in [-0.39, 0.29) is 49.5 Å². The van der Waals surface area contributed by atoms with Gasteiger partial charge in [0.25, 0.3) is 11.7 Å². The summed E-state index contributed by atoms with van der Waals surface area (Å²) in [5, 5.41) is 34.2. The molecule has 0 unspecified atom stereocenters. The summed E-state index contributed by atoms with van der Waals surface area (Å²) in [5.41, 5.74) is 1.67. The van der Waals surface area contributed by atoms with Crippen LogP contribution in [0.5, 0.6) is 0 Å². The number of amides is 1. The molecule has 3 aliphatic heterocycles. The van der Waals surface area contributed by atoms with Crippen molar-refractivity contribution in [3.8, 4) is 0 Å². The molecule has 0 aromatic heterocycles. The normalized spacial score (nSPS) is 40.1. The molecule has 13 heteroatoms. The van der Waals surface area contributed by atoms with Crippen LogP contribution < -0.4 is 0 Å². The monoisotopic (exact) mass is 805 g/mol. The fourth-order valence-electron chi connectivity index (χ4n) is 9.60. The first-order chi connectivity index (χ1) is 27.0. The molecule has 0 radical (unpaired) electrons. The summed E-state index contributed by atoms with van der Waals surface area (Å²) in [5.74, 6) is -7.46. The summed E-state index contributed by atoms with van der Waals surface area (Å²) in [6, 6.07) is -1.13. The predicted molar refractivity (Wildman–Crippen MR) is 213 cm³/mol. The number of methoxy groups -OCH3 is 3. The molecule has 3 N–H and O–H groups in total. The minimum Gasteiger partial charge on any atom is -0.456 e. The van der Waals surface area contributed by atoms with E-state index in [9.17, 15) is 34.5 Å². The van der Waals surface area contributed by atoms with Gasteiger partial charge in [0, 0.05) is 52.0 Å². The van der Waals surface area contributed by atoms with Crippen LogP contribution in [0.15, 0.2) is 23.3 Å². The van der Waals surface area contributed by atoms with Crippen molar-refractivity contribution in [3.63, 3.8) is 0 Å². The molecule has 14 atom stereocenters. The van der Waals surface area contributed by atoms with Gasteiger partial charge in [-0.25, -0.2) is 4.79 Å². The average molecular weight is 806 g/mol. The molecule has 1 amide bonds. The Morgan fingerprint density at radius 3 is 2.23 bits per heavy atom. The molecule has 4 aliphatic rings. The van der Waals surface area contributed by atoms with Crippen molar-refractivity contribution >= 4 is 23.4 Å². The second-order valence-corrected chi connectivity index (χ2v) is 17.5. The Labute approximate surface area is 339 Å². The number of Topliss-reactive ketones (excluding diaryl/α,β-unsaturated/α-hetero) is 2. The van der Waals surface area contributed by atoms with E-state index in [4.69, 9.17) is 23.7 Å². The number of piperidine rings is 1. The van der Waals surface area contributed by atoms with E-state index >= 15 is 0 Å².